The number of nitrogens with zero attached hydrogens (tertiary/aromatic N) is 2. The van der Waals surface area contributed by atoms with Crippen LogP contribution in [0.5, 0.6) is 0 Å². The monoisotopic (exact) mass is 476 g/mol. The Kier molecular flexibility index (Phi) is 6.45. The van der Waals surface area contributed by atoms with Crippen molar-refractivity contribution < 1.29 is 27.7 Å². The summed E-state index contributed by atoms with van der Waals surface area (Å²) < 4.78 is 38.8. The first-order chi connectivity index (χ1) is 16.1. The van der Waals surface area contributed by atoms with E-state index in [1.165, 1.54) is 0 Å². The van der Waals surface area contributed by atoms with Crippen molar-refractivity contribution in [3.63, 3.8) is 0 Å². The van der Waals surface area contributed by atoms with E-state index in [0.29, 0.717) is 43.4 Å². The molecule has 0 radical (unpaired) electrons. The molecule has 1 aliphatic heterocycles. The van der Waals surface area contributed by atoms with Gasteiger partial charge in [-0.25, -0.2) is 0 Å². The fraction of sp³-hybridized carbons (Fsp3) is 0.391. The van der Waals surface area contributed by atoms with Crippen LogP contribution in [0.1, 0.15) is 31.2 Å². The lowest BCUT2D eigenvalue weighted by Gasteiger charge is -2.32. The molecular formula is C23H23F3N4O4. The lowest BCUT2D eigenvalue weighted by molar-refractivity contribution is -0.384. The number of rotatable bonds is 6. The number of hydrogen-bond donors (Lipinski definition) is 2. The summed E-state index contributed by atoms with van der Waals surface area (Å²) in [5, 5.41) is 17.0. The highest BCUT2D eigenvalue weighted by atomic mass is 19.4. The van der Waals surface area contributed by atoms with Crippen LogP contribution in [0.4, 0.5) is 35.9 Å². The Hall–Kier alpha value is -3.63. The number of nitro benzene ring substituents is 1. The van der Waals surface area contributed by atoms with Crippen molar-refractivity contribution in [3.05, 3.63) is 58.1 Å². The molecule has 1 heterocycles. The van der Waals surface area contributed by atoms with Crippen molar-refractivity contribution in [3.8, 4) is 0 Å². The molecule has 2 N–H and O–H groups in total. The van der Waals surface area contributed by atoms with Crippen LogP contribution < -0.4 is 15.5 Å². The average molecular weight is 476 g/mol. The van der Waals surface area contributed by atoms with Crippen molar-refractivity contribution in [2.75, 3.05) is 28.6 Å². The molecule has 0 unspecified atom stereocenters. The second-order valence-corrected chi connectivity index (χ2v) is 8.55. The fourth-order valence-corrected chi connectivity index (χ4v) is 4.00. The van der Waals surface area contributed by atoms with E-state index >= 15 is 0 Å². The zero-order valence-electron chi connectivity index (χ0n) is 18.1. The van der Waals surface area contributed by atoms with Crippen molar-refractivity contribution >= 4 is 34.6 Å². The molecule has 2 aromatic rings. The van der Waals surface area contributed by atoms with Gasteiger partial charge in [-0.2, -0.15) is 13.2 Å². The van der Waals surface area contributed by atoms with Gasteiger partial charge in [0.15, 0.2) is 0 Å². The molecule has 4 rings (SSSR count). The molecular weight excluding hydrogens is 453 g/mol. The summed E-state index contributed by atoms with van der Waals surface area (Å²) in [6.07, 6.45) is -2.12. The van der Waals surface area contributed by atoms with Crippen LogP contribution in [0.2, 0.25) is 0 Å². The van der Waals surface area contributed by atoms with Crippen molar-refractivity contribution in [1.82, 2.24) is 0 Å². The fourth-order valence-electron chi connectivity index (χ4n) is 4.00. The summed E-state index contributed by atoms with van der Waals surface area (Å²) in [5.41, 5.74) is -0.440. The Morgan fingerprint density at radius 2 is 1.47 bits per heavy atom. The first kappa shape index (κ1) is 23.5. The topological polar surface area (TPSA) is 105 Å². The summed E-state index contributed by atoms with van der Waals surface area (Å²) >= 11 is 0. The minimum Gasteiger partial charge on any atom is -0.366 e. The molecule has 1 aliphatic carbocycles. The first-order valence-electron chi connectivity index (χ1n) is 10.9. The third-order valence-corrected chi connectivity index (χ3v) is 6.05. The molecule has 34 heavy (non-hydrogen) atoms. The van der Waals surface area contributed by atoms with Crippen LogP contribution in [-0.2, 0) is 15.8 Å². The third kappa shape index (κ3) is 5.46. The summed E-state index contributed by atoms with van der Waals surface area (Å²) in [6, 6.07) is 9.35. The summed E-state index contributed by atoms with van der Waals surface area (Å²) in [5.74, 6) is -0.543. The highest BCUT2D eigenvalue weighted by Crippen LogP contribution is 2.38. The van der Waals surface area contributed by atoms with Crippen LogP contribution in [-0.4, -0.2) is 29.8 Å². The van der Waals surface area contributed by atoms with E-state index in [2.05, 4.69) is 10.6 Å². The predicted octanol–water partition coefficient (Wildman–Crippen LogP) is 4.82. The molecule has 2 amide bonds. The van der Waals surface area contributed by atoms with Gasteiger partial charge in [-0.1, -0.05) is 6.07 Å². The smallest absolute Gasteiger partial charge is 0.366 e. The van der Waals surface area contributed by atoms with Gasteiger partial charge in [-0.3, -0.25) is 19.7 Å². The Balaban J connectivity index is 1.37. The van der Waals surface area contributed by atoms with Gasteiger partial charge in [0.1, 0.15) is 5.69 Å². The summed E-state index contributed by atoms with van der Waals surface area (Å²) in [4.78, 5) is 36.9. The first-order valence-corrected chi connectivity index (χ1v) is 10.9. The van der Waals surface area contributed by atoms with Crippen molar-refractivity contribution in [2.45, 2.75) is 31.9 Å². The summed E-state index contributed by atoms with van der Waals surface area (Å²) in [6.45, 7) is 0.587. The molecule has 1 saturated carbocycles. The molecule has 0 spiro atoms. The van der Waals surface area contributed by atoms with E-state index in [9.17, 15) is 32.9 Å². The van der Waals surface area contributed by atoms with Crippen LogP contribution in [0.25, 0.3) is 0 Å². The van der Waals surface area contributed by atoms with E-state index in [0.717, 1.165) is 25.0 Å². The minimum absolute atomic E-state index is 0.0341. The Morgan fingerprint density at radius 1 is 0.912 bits per heavy atom. The SMILES string of the molecule is O=C(Nc1cccc(NC(=O)C2CCN(c3ccc(C(F)(F)F)cc3[N+](=O)[O-])CC2)c1)C1CC1. The molecule has 8 nitrogen and oxygen atoms in total. The van der Waals surface area contributed by atoms with Crippen molar-refractivity contribution in [2.24, 2.45) is 11.8 Å². The lowest BCUT2D eigenvalue weighted by Crippen LogP contribution is -2.38. The number of carbonyl (C=O) groups is 2. The van der Waals surface area contributed by atoms with E-state index < -0.39 is 22.4 Å². The molecule has 11 heteroatoms. The van der Waals surface area contributed by atoms with Crippen LogP contribution >= 0.6 is 0 Å². The highest BCUT2D eigenvalue weighted by molar-refractivity contribution is 5.96. The Morgan fingerprint density at radius 3 is 1.97 bits per heavy atom. The van der Waals surface area contributed by atoms with Gasteiger partial charge in [-0.05, 0) is 56.0 Å². The third-order valence-electron chi connectivity index (χ3n) is 6.05. The van der Waals surface area contributed by atoms with Crippen molar-refractivity contribution in [1.29, 1.82) is 0 Å². The van der Waals surface area contributed by atoms with Crippen LogP contribution in [0, 0.1) is 22.0 Å². The number of halogens is 3. The van der Waals surface area contributed by atoms with Crippen LogP contribution in [0.15, 0.2) is 42.5 Å². The lowest BCUT2D eigenvalue weighted by atomic mass is 9.95. The zero-order chi connectivity index (χ0) is 24.5. The molecule has 2 fully saturated rings. The van der Waals surface area contributed by atoms with E-state index in [-0.39, 0.29) is 29.3 Å². The number of amides is 2. The van der Waals surface area contributed by atoms with Gasteiger partial charge >= 0.3 is 6.18 Å². The van der Waals surface area contributed by atoms with Gasteiger partial charge in [0, 0.05) is 42.4 Å². The maximum Gasteiger partial charge on any atom is 0.416 e. The summed E-state index contributed by atoms with van der Waals surface area (Å²) in [7, 11) is 0. The molecule has 0 aromatic heterocycles. The Bertz CT molecular complexity index is 1110. The van der Waals surface area contributed by atoms with Gasteiger partial charge in [0.05, 0.1) is 10.5 Å². The second-order valence-electron chi connectivity index (χ2n) is 8.55. The quantitative estimate of drug-likeness (QED) is 0.460. The normalized spacial score (nSPS) is 16.7. The molecule has 180 valence electrons. The number of benzene rings is 2. The number of hydrogen-bond acceptors (Lipinski definition) is 5. The number of anilines is 3. The number of nitrogens with one attached hydrogen (secondary N) is 2. The molecule has 0 bridgehead atoms. The predicted molar refractivity (Wildman–Crippen MR) is 119 cm³/mol. The molecule has 1 saturated heterocycles. The number of alkyl halides is 3. The van der Waals surface area contributed by atoms with E-state index in [1.807, 2.05) is 0 Å². The van der Waals surface area contributed by atoms with E-state index in [4.69, 9.17) is 0 Å². The van der Waals surface area contributed by atoms with Gasteiger partial charge in [-0.15, -0.1) is 0 Å². The average Bonchev–Trinajstić information content (AvgIpc) is 3.64. The molecule has 0 atom stereocenters. The standard InChI is InChI=1S/C23H23F3N4O4/c24-23(25,26)16-6-7-19(20(12-16)30(33)34)29-10-8-15(9-11-29)22(32)28-18-3-1-2-17(13-18)27-21(31)14-4-5-14/h1-3,6-7,12-15H,4-5,8-11H2,(H,27,31)(H,28,32). The number of nitro groups is 1. The largest absolute Gasteiger partial charge is 0.416 e. The van der Waals surface area contributed by atoms with E-state index in [1.54, 1.807) is 29.2 Å². The minimum atomic E-state index is -4.67. The molecule has 2 aromatic carbocycles. The maximum absolute atomic E-state index is 12.9. The van der Waals surface area contributed by atoms with Gasteiger partial charge in [0.25, 0.3) is 5.69 Å². The number of carbonyl (C=O) groups excluding carboxylic acids is 2. The Labute approximate surface area is 193 Å². The van der Waals surface area contributed by atoms with Crippen LogP contribution in [0.3, 0.4) is 0 Å². The van der Waals surface area contributed by atoms with Gasteiger partial charge < -0.3 is 15.5 Å². The second kappa shape index (κ2) is 9.32. The van der Waals surface area contributed by atoms with Gasteiger partial charge in [0.2, 0.25) is 11.8 Å². The molecule has 2 aliphatic rings. The number of piperidine rings is 1. The maximum atomic E-state index is 12.9. The zero-order valence-corrected chi connectivity index (χ0v) is 18.1. The highest BCUT2D eigenvalue weighted by Gasteiger charge is 2.35.